The van der Waals surface area contributed by atoms with Gasteiger partial charge < -0.3 is 39.9 Å². The molecule has 0 aliphatic carbocycles. The number of H-pyrrole nitrogens is 2. The van der Waals surface area contributed by atoms with Crippen molar-refractivity contribution in [3.05, 3.63) is 83.7 Å². The first-order valence-corrected chi connectivity index (χ1v) is 17.3. The van der Waals surface area contributed by atoms with E-state index in [4.69, 9.17) is 0 Å². The van der Waals surface area contributed by atoms with Gasteiger partial charge in [0.05, 0.1) is 50.1 Å². The zero-order valence-corrected chi connectivity index (χ0v) is 29.6. The molecule has 2 saturated heterocycles. The minimum Gasteiger partial charge on any atom is -0.453 e. The van der Waals surface area contributed by atoms with Gasteiger partial charge in [-0.25, -0.2) is 19.6 Å². The van der Waals surface area contributed by atoms with E-state index in [-0.39, 0.29) is 23.9 Å². The third-order valence-corrected chi connectivity index (χ3v) is 9.42. The van der Waals surface area contributed by atoms with E-state index in [1.807, 2.05) is 48.5 Å². The van der Waals surface area contributed by atoms with Crippen LogP contribution in [0.4, 0.5) is 9.59 Å². The summed E-state index contributed by atoms with van der Waals surface area (Å²) in [6, 6.07) is 13.9. The summed E-state index contributed by atoms with van der Waals surface area (Å²) in [5.74, 6) is 7.51. The smallest absolute Gasteiger partial charge is 0.407 e. The van der Waals surface area contributed by atoms with E-state index in [0.29, 0.717) is 24.7 Å². The molecule has 52 heavy (non-hydrogen) atoms. The highest BCUT2D eigenvalue weighted by molar-refractivity contribution is 5.86. The van der Waals surface area contributed by atoms with E-state index in [2.05, 4.69) is 51.9 Å². The Hall–Kier alpha value is -6.10. The number of ether oxygens (including phenoxy) is 2. The van der Waals surface area contributed by atoms with E-state index in [0.717, 1.165) is 59.3 Å². The number of rotatable bonds is 8. The second-order valence-corrected chi connectivity index (χ2v) is 12.9. The molecule has 0 unspecified atom stereocenters. The van der Waals surface area contributed by atoms with Gasteiger partial charge in [0.25, 0.3) is 0 Å². The molecule has 14 heteroatoms. The van der Waals surface area contributed by atoms with E-state index in [9.17, 15) is 19.2 Å². The molecule has 270 valence electrons. The first-order valence-electron chi connectivity index (χ1n) is 17.3. The SMILES string of the molecule is COC(=O)N[C@@H](C)C(=O)N1CCC[C@H]1c1ncc(-c2ccc(C#Cc3ccc(-c4cnc([C@@H]5CCCN5C(=O)[C@H](C)NC(=O)OC)[nH]4)cc3)cc2)[nH]1. The molecule has 2 aliphatic rings. The van der Waals surface area contributed by atoms with Crippen LogP contribution >= 0.6 is 0 Å². The molecule has 2 aliphatic heterocycles. The van der Waals surface area contributed by atoms with Gasteiger partial charge in [0.1, 0.15) is 23.7 Å². The standard InChI is InChI=1S/C38H42N8O6/c1-23(41-37(49)51-3)35(47)45-19-5-7-31(45)33-39-21-29(43-33)27-15-11-25(12-16-27)9-10-26-13-17-28(18-14-26)30-22-40-34(44-30)32-8-6-20-46(32)36(48)24(2)42-38(50)52-4/h11-18,21-24,31-32H,5-8,19-20H2,1-4H3,(H,39,43)(H,40,44)(H,41,49)(H,42,50)/t23-,24-,31-,32-/m0/s1. The van der Waals surface area contributed by atoms with Gasteiger partial charge >= 0.3 is 12.2 Å². The molecular weight excluding hydrogens is 664 g/mol. The van der Waals surface area contributed by atoms with Crippen molar-refractivity contribution in [1.82, 2.24) is 40.4 Å². The zero-order chi connectivity index (χ0) is 36.8. The molecule has 2 aromatic carbocycles. The monoisotopic (exact) mass is 706 g/mol. The van der Waals surface area contributed by atoms with Crippen molar-refractivity contribution in [3.8, 4) is 34.4 Å². The Morgan fingerprint density at radius 2 is 1.08 bits per heavy atom. The highest BCUT2D eigenvalue weighted by atomic mass is 16.5. The molecule has 4 N–H and O–H groups in total. The number of carbonyl (C=O) groups excluding carboxylic acids is 4. The van der Waals surface area contributed by atoms with E-state index in [1.165, 1.54) is 14.2 Å². The number of amides is 4. The number of hydrogen-bond donors (Lipinski definition) is 4. The Kier molecular flexibility index (Phi) is 10.9. The van der Waals surface area contributed by atoms with Crippen LogP contribution in [0.3, 0.4) is 0 Å². The average Bonchev–Trinajstić information content (AvgIpc) is 4.00. The second-order valence-electron chi connectivity index (χ2n) is 12.9. The van der Waals surface area contributed by atoms with Crippen molar-refractivity contribution >= 4 is 24.0 Å². The number of alkyl carbamates (subject to hydrolysis) is 2. The number of imidazole rings is 2. The minimum atomic E-state index is -0.707. The summed E-state index contributed by atoms with van der Waals surface area (Å²) >= 11 is 0. The lowest BCUT2D eigenvalue weighted by Crippen LogP contribution is -2.46. The van der Waals surface area contributed by atoms with E-state index >= 15 is 0 Å². The fourth-order valence-corrected chi connectivity index (χ4v) is 6.64. The van der Waals surface area contributed by atoms with Crippen molar-refractivity contribution in [2.24, 2.45) is 0 Å². The van der Waals surface area contributed by atoms with Gasteiger partial charge in [-0.3, -0.25) is 9.59 Å². The third kappa shape index (κ3) is 7.94. The van der Waals surface area contributed by atoms with Gasteiger partial charge in [-0.05, 0) is 74.9 Å². The lowest BCUT2D eigenvalue weighted by molar-refractivity contribution is -0.134. The summed E-state index contributed by atoms with van der Waals surface area (Å²) in [7, 11) is 2.53. The van der Waals surface area contributed by atoms with Crippen LogP contribution in [0.5, 0.6) is 0 Å². The van der Waals surface area contributed by atoms with Crippen molar-refractivity contribution in [2.45, 2.75) is 63.7 Å². The molecule has 0 radical (unpaired) electrons. The van der Waals surface area contributed by atoms with Crippen LogP contribution in [0.2, 0.25) is 0 Å². The van der Waals surface area contributed by atoms with Crippen LogP contribution in [-0.4, -0.2) is 93.1 Å². The number of hydrogen-bond acceptors (Lipinski definition) is 8. The summed E-state index contributed by atoms with van der Waals surface area (Å²) in [4.78, 5) is 68.7. The summed E-state index contributed by atoms with van der Waals surface area (Å²) in [6.07, 6.45) is 5.51. The predicted octanol–water partition coefficient (Wildman–Crippen LogP) is 4.68. The number of carbonyl (C=O) groups is 4. The molecule has 4 aromatic rings. The van der Waals surface area contributed by atoms with Crippen LogP contribution in [0, 0.1) is 11.8 Å². The Morgan fingerprint density at radius 1 is 0.692 bits per heavy atom. The van der Waals surface area contributed by atoms with Crippen molar-refractivity contribution in [1.29, 1.82) is 0 Å². The van der Waals surface area contributed by atoms with Crippen molar-refractivity contribution in [2.75, 3.05) is 27.3 Å². The van der Waals surface area contributed by atoms with Crippen molar-refractivity contribution < 1.29 is 28.7 Å². The highest BCUT2D eigenvalue weighted by Gasteiger charge is 2.36. The van der Waals surface area contributed by atoms with Crippen molar-refractivity contribution in [3.63, 3.8) is 0 Å². The van der Waals surface area contributed by atoms with Crippen LogP contribution in [0.15, 0.2) is 60.9 Å². The third-order valence-electron chi connectivity index (χ3n) is 9.42. The molecular formula is C38H42N8O6. The lowest BCUT2D eigenvalue weighted by atomic mass is 10.1. The zero-order valence-electron chi connectivity index (χ0n) is 29.6. The molecule has 0 saturated carbocycles. The van der Waals surface area contributed by atoms with Gasteiger partial charge in [0.15, 0.2) is 0 Å². The highest BCUT2D eigenvalue weighted by Crippen LogP contribution is 2.33. The maximum Gasteiger partial charge on any atom is 0.407 e. The fraction of sp³-hybridized carbons (Fsp3) is 0.368. The van der Waals surface area contributed by atoms with Crippen LogP contribution < -0.4 is 10.6 Å². The van der Waals surface area contributed by atoms with Gasteiger partial charge in [-0.2, -0.15) is 0 Å². The number of aromatic amines is 2. The second kappa shape index (κ2) is 15.8. The molecule has 0 bridgehead atoms. The summed E-state index contributed by atoms with van der Waals surface area (Å²) in [6.45, 7) is 4.48. The lowest BCUT2D eigenvalue weighted by Gasteiger charge is -2.26. The molecule has 2 fully saturated rings. The molecule has 6 rings (SSSR count). The van der Waals surface area contributed by atoms with Crippen LogP contribution in [0.1, 0.15) is 74.4 Å². The number of likely N-dealkylation sites (tertiary alicyclic amines) is 2. The maximum absolute atomic E-state index is 13.0. The normalized spacial score (nSPS) is 17.8. The summed E-state index contributed by atoms with van der Waals surface area (Å²) < 4.78 is 9.26. The predicted molar refractivity (Wildman–Crippen MR) is 191 cm³/mol. The van der Waals surface area contributed by atoms with Crippen LogP contribution in [-0.2, 0) is 19.1 Å². The molecule has 0 spiro atoms. The first kappa shape index (κ1) is 35.7. The Balaban J connectivity index is 1.06. The summed E-state index contributed by atoms with van der Waals surface area (Å²) in [5, 5.41) is 5.09. The molecule has 14 nitrogen and oxygen atoms in total. The Labute approximate surface area is 301 Å². The Bertz CT molecular complexity index is 1840. The molecule has 4 heterocycles. The van der Waals surface area contributed by atoms with Gasteiger partial charge in [-0.1, -0.05) is 36.1 Å². The minimum absolute atomic E-state index is 0.178. The van der Waals surface area contributed by atoms with E-state index < -0.39 is 24.3 Å². The number of nitrogens with one attached hydrogen (secondary N) is 4. The molecule has 4 amide bonds. The maximum atomic E-state index is 13.0. The Morgan fingerprint density at radius 3 is 1.44 bits per heavy atom. The molecule has 2 aromatic heterocycles. The number of methoxy groups -OCH3 is 2. The topological polar surface area (TPSA) is 175 Å². The first-order chi connectivity index (χ1) is 25.1. The van der Waals surface area contributed by atoms with Gasteiger partial charge in [0, 0.05) is 24.2 Å². The quantitative estimate of drug-likeness (QED) is 0.191. The number of nitrogens with zero attached hydrogens (tertiary/aromatic N) is 4. The average molecular weight is 707 g/mol. The number of aromatic nitrogens is 4. The van der Waals surface area contributed by atoms with Gasteiger partial charge in [-0.15, -0.1) is 0 Å². The number of benzene rings is 2. The van der Waals surface area contributed by atoms with Crippen LogP contribution in [0.25, 0.3) is 22.5 Å². The van der Waals surface area contributed by atoms with E-state index in [1.54, 1.807) is 36.0 Å². The largest absolute Gasteiger partial charge is 0.453 e. The fourth-order valence-electron chi connectivity index (χ4n) is 6.64. The molecule has 4 atom stereocenters. The van der Waals surface area contributed by atoms with Gasteiger partial charge in [0.2, 0.25) is 11.8 Å². The summed E-state index contributed by atoms with van der Waals surface area (Å²) in [5.41, 5.74) is 5.28.